The first kappa shape index (κ1) is 36.1. The highest BCUT2D eigenvalue weighted by Crippen LogP contribution is 2.40. The SMILES string of the molecule is CN(C)C(=O)/C=C/CN(CCOc1ccc(/C(=C(/CC(F)(F)F)c2ccccc2)c2ccc3c(c2)c(F)nn3C2CCCCO2)cn1)C(=O)O. The molecule has 1 N–H and O–H groups in total. The molecule has 4 aromatic rings. The molecule has 264 valence electrons. The van der Waals surface area contributed by atoms with Crippen molar-refractivity contribution in [3.05, 3.63) is 102 Å². The molecule has 0 bridgehead atoms. The van der Waals surface area contributed by atoms with Crippen molar-refractivity contribution in [1.82, 2.24) is 24.6 Å². The van der Waals surface area contributed by atoms with Crippen molar-refractivity contribution in [2.75, 3.05) is 40.4 Å². The summed E-state index contributed by atoms with van der Waals surface area (Å²) in [5, 5.41) is 13.8. The number of carboxylic acid groups (broad SMARTS) is 1. The number of likely N-dealkylation sites (N-methyl/N-ethyl adjacent to an activating group) is 1. The van der Waals surface area contributed by atoms with Crippen LogP contribution in [0, 0.1) is 5.95 Å². The van der Waals surface area contributed by atoms with E-state index in [0.29, 0.717) is 35.2 Å². The van der Waals surface area contributed by atoms with Crippen molar-refractivity contribution in [3.63, 3.8) is 0 Å². The second-order valence-corrected chi connectivity index (χ2v) is 11.9. The van der Waals surface area contributed by atoms with Gasteiger partial charge in [-0.1, -0.05) is 42.5 Å². The molecule has 0 radical (unpaired) electrons. The number of pyridine rings is 1. The van der Waals surface area contributed by atoms with Crippen molar-refractivity contribution < 1.29 is 41.7 Å². The molecule has 50 heavy (non-hydrogen) atoms. The Labute approximate surface area is 286 Å². The summed E-state index contributed by atoms with van der Waals surface area (Å²) in [6.07, 6.45) is -0.955. The average Bonchev–Trinajstić information content (AvgIpc) is 3.43. The van der Waals surface area contributed by atoms with Gasteiger partial charge in [-0.3, -0.25) is 4.79 Å². The lowest BCUT2D eigenvalue weighted by molar-refractivity contribution is -0.124. The molecule has 0 spiro atoms. The maximum atomic E-state index is 15.3. The lowest BCUT2D eigenvalue weighted by Crippen LogP contribution is -2.33. The van der Waals surface area contributed by atoms with Gasteiger partial charge in [0, 0.05) is 51.1 Å². The van der Waals surface area contributed by atoms with Crippen molar-refractivity contribution >= 4 is 34.0 Å². The highest BCUT2D eigenvalue weighted by Gasteiger charge is 2.32. The maximum absolute atomic E-state index is 15.3. The molecule has 3 heterocycles. The first-order chi connectivity index (χ1) is 23.9. The summed E-state index contributed by atoms with van der Waals surface area (Å²) >= 11 is 0. The minimum Gasteiger partial charge on any atom is -0.476 e. The van der Waals surface area contributed by atoms with Crippen LogP contribution in [0.4, 0.5) is 22.4 Å². The molecule has 14 heteroatoms. The Hall–Kier alpha value is -5.24. The third kappa shape index (κ3) is 9.05. The molecule has 2 aromatic heterocycles. The zero-order chi connectivity index (χ0) is 35.8. The largest absolute Gasteiger partial charge is 0.476 e. The number of aromatic nitrogens is 3. The molecule has 0 saturated carbocycles. The molecule has 2 aromatic carbocycles. The molecule has 1 aliphatic rings. The van der Waals surface area contributed by atoms with E-state index in [1.54, 1.807) is 62.6 Å². The number of carbonyl (C=O) groups excluding carboxylic acids is 1. The number of halogens is 4. The van der Waals surface area contributed by atoms with Crippen molar-refractivity contribution in [2.24, 2.45) is 0 Å². The molecule has 1 atom stereocenters. The first-order valence-corrected chi connectivity index (χ1v) is 16.0. The van der Waals surface area contributed by atoms with E-state index < -0.39 is 30.9 Å². The van der Waals surface area contributed by atoms with E-state index in [-0.39, 0.29) is 48.0 Å². The number of hydrogen-bond donors (Lipinski definition) is 1. The van der Waals surface area contributed by atoms with E-state index in [1.165, 1.54) is 40.1 Å². The van der Waals surface area contributed by atoms with Gasteiger partial charge in [0.25, 0.3) is 0 Å². The third-order valence-electron chi connectivity index (χ3n) is 8.11. The van der Waals surface area contributed by atoms with E-state index in [0.717, 1.165) is 17.7 Å². The number of alkyl halides is 3. The molecule has 1 aliphatic heterocycles. The highest BCUT2D eigenvalue weighted by molar-refractivity contribution is 6.00. The van der Waals surface area contributed by atoms with Gasteiger partial charge < -0.3 is 24.4 Å². The number of benzene rings is 2. The molecular weight excluding hydrogens is 658 g/mol. The zero-order valence-electron chi connectivity index (χ0n) is 27.6. The van der Waals surface area contributed by atoms with E-state index in [2.05, 4.69) is 10.1 Å². The van der Waals surface area contributed by atoms with Gasteiger partial charge in [0.15, 0.2) is 6.23 Å². The van der Waals surface area contributed by atoms with Crippen LogP contribution in [0.5, 0.6) is 5.88 Å². The standard InChI is InChI=1S/C36H37F4N5O5/c1-43(2)31(46)11-8-17-44(35(47)48)18-20-49-30-16-14-26(23-41-30)33(28(22-36(38,39)40)24-9-4-3-5-10-24)25-13-15-29-27(21-25)34(37)42-45(29)32-12-6-7-19-50-32/h3-5,8-11,13-16,21,23,32H,6-7,12,17-20,22H2,1-2H3,(H,47,48)/b11-8+,33-28-. The predicted molar refractivity (Wildman–Crippen MR) is 179 cm³/mol. The van der Waals surface area contributed by atoms with E-state index in [4.69, 9.17) is 9.47 Å². The molecular formula is C36H37F4N5O5. The number of amides is 2. The highest BCUT2D eigenvalue weighted by atomic mass is 19.4. The Bertz CT molecular complexity index is 1850. The van der Waals surface area contributed by atoms with Gasteiger partial charge in [-0.2, -0.15) is 17.6 Å². The van der Waals surface area contributed by atoms with Crippen LogP contribution in [-0.4, -0.2) is 88.2 Å². The van der Waals surface area contributed by atoms with E-state index in [1.807, 2.05) is 0 Å². The summed E-state index contributed by atoms with van der Waals surface area (Å²) in [6.45, 7) is 0.361. The van der Waals surface area contributed by atoms with Crippen LogP contribution in [0.15, 0.2) is 79.0 Å². The van der Waals surface area contributed by atoms with Gasteiger partial charge in [0.2, 0.25) is 17.7 Å². The molecule has 1 saturated heterocycles. The Kier molecular flexibility index (Phi) is 11.5. The number of allylic oxidation sites excluding steroid dienone is 1. The monoisotopic (exact) mass is 695 g/mol. The van der Waals surface area contributed by atoms with Crippen LogP contribution in [0.25, 0.3) is 22.0 Å². The second-order valence-electron chi connectivity index (χ2n) is 11.9. The Balaban J connectivity index is 1.47. The number of hydrogen-bond acceptors (Lipinski definition) is 6. The average molecular weight is 696 g/mol. The summed E-state index contributed by atoms with van der Waals surface area (Å²) in [5.41, 5.74) is 1.62. The Morgan fingerprint density at radius 2 is 1.82 bits per heavy atom. The van der Waals surface area contributed by atoms with Crippen LogP contribution in [0.1, 0.15) is 48.6 Å². The lowest BCUT2D eigenvalue weighted by atomic mass is 9.88. The van der Waals surface area contributed by atoms with Crippen LogP contribution in [0.3, 0.4) is 0 Å². The minimum atomic E-state index is -4.57. The van der Waals surface area contributed by atoms with E-state index in [9.17, 15) is 27.9 Å². The van der Waals surface area contributed by atoms with Crippen LogP contribution < -0.4 is 4.74 Å². The fourth-order valence-corrected chi connectivity index (χ4v) is 5.65. The molecule has 2 amide bonds. The van der Waals surface area contributed by atoms with Gasteiger partial charge in [0.1, 0.15) is 6.61 Å². The topological polar surface area (TPSA) is 110 Å². The molecule has 10 nitrogen and oxygen atoms in total. The third-order valence-corrected chi connectivity index (χ3v) is 8.11. The van der Waals surface area contributed by atoms with E-state index >= 15 is 4.39 Å². The van der Waals surface area contributed by atoms with Crippen LogP contribution in [0.2, 0.25) is 0 Å². The summed E-state index contributed by atoms with van der Waals surface area (Å²) in [5.74, 6) is -0.933. The van der Waals surface area contributed by atoms with Gasteiger partial charge >= 0.3 is 12.3 Å². The predicted octanol–water partition coefficient (Wildman–Crippen LogP) is 7.18. The Morgan fingerprint density at radius 3 is 2.46 bits per heavy atom. The number of ether oxygens (including phenoxy) is 2. The van der Waals surface area contributed by atoms with Gasteiger partial charge in [-0.15, -0.1) is 5.10 Å². The quantitative estimate of drug-likeness (QED) is 0.0950. The maximum Gasteiger partial charge on any atom is 0.407 e. The number of carbonyl (C=O) groups is 2. The van der Waals surface area contributed by atoms with Crippen LogP contribution in [-0.2, 0) is 9.53 Å². The van der Waals surface area contributed by atoms with Crippen molar-refractivity contribution in [2.45, 2.75) is 38.1 Å². The first-order valence-electron chi connectivity index (χ1n) is 16.0. The molecule has 1 unspecified atom stereocenters. The molecule has 0 aliphatic carbocycles. The second kappa shape index (κ2) is 16.0. The van der Waals surface area contributed by atoms with Gasteiger partial charge in [-0.25, -0.2) is 14.5 Å². The molecule has 5 rings (SSSR count). The number of nitrogens with zero attached hydrogens (tertiary/aromatic N) is 5. The zero-order valence-corrected chi connectivity index (χ0v) is 27.6. The van der Waals surface area contributed by atoms with Crippen molar-refractivity contribution in [1.29, 1.82) is 0 Å². The van der Waals surface area contributed by atoms with Crippen molar-refractivity contribution in [3.8, 4) is 5.88 Å². The smallest absolute Gasteiger partial charge is 0.407 e. The fraction of sp³-hybridized carbons (Fsp3) is 0.333. The molecule has 1 fully saturated rings. The van der Waals surface area contributed by atoms with Gasteiger partial charge in [0.05, 0.1) is 23.9 Å². The normalized spacial score (nSPS) is 15.6. The minimum absolute atomic E-state index is 0.0331. The number of fused-ring (bicyclic) bond motifs is 1. The summed E-state index contributed by atoms with van der Waals surface area (Å²) in [4.78, 5) is 30.1. The van der Waals surface area contributed by atoms with Gasteiger partial charge in [-0.05, 0) is 59.7 Å². The summed E-state index contributed by atoms with van der Waals surface area (Å²) in [7, 11) is 3.15. The fourth-order valence-electron chi connectivity index (χ4n) is 5.65. The lowest BCUT2D eigenvalue weighted by Gasteiger charge is -2.23. The number of rotatable bonds is 12. The summed E-state index contributed by atoms with van der Waals surface area (Å²) < 4.78 is 70.8. The van der Waals surface area contributed by atoms with Crippen LogP contribution >= 0.6 is 0 Å². The summed E-state index contributed by atoms with van der Waals surface area (Å²) in [6, 6.07) is 16.0. The Morgan fingerprint density at radius 1 is 1.06 bits per heavy atom.